The number of hydrogen-bond acceptors (Lipinski definition) is 6. The summed E-state index contributed by atoms with van der Waals surface area (Å²) in [5.41, 5.74) is 0.394. The van der Waals surface area contributed by atoms with Crippen LogP contribution in [0.5, 0.6) is 0 Å². The van der Waals surface area contributed by atoms with Crippen LogP contribution in [-0.2, 0) is 14.3 Å². The Morgan fingerprint density at radius 1 is 1.25 bits per heavy atom. The maximum absolute atomic E-state index is 12.3. The summed E-state index contributed by atoms with van der Waals surface area (Å²) in [5.74, 6) is 0.901. The van der Waals surface area contributed by atoms with Gasteiger partial charge in [-0.3, -0.25) is 4.79 Å². The van der Waals surface area contributed by atoms with Gasteiger partial charge in [0.15, 0.2) is 0 Å². The van der Waals surface area contributed by atoms with Crippen molar-refractivity contribution in [3.8, 4) is 0 Å². The van der Waals surface area contributed by atoms with E-state index < -0.39 is 5.60 Å². The molecule has 2 fully saturated rings. The smallest absolute Gasteiger partial charge is 0.253 e. The van der Waals surface area contributed by atoms with Gasteiger partial charge >= 0.3 is 0 Å². The zero-order chi connectivity index (χ0) is 16.4. The van der Waals surface area contributed by atoms with E-state index >= 15 is 0 Å². The number of hydrogen-bond donors (Lipinski definition) is 0. The van der Waals surface area contributed by atoms with E-state index in [9.17, 15) is 4.79 Å². The minimum absolute atomic E-state index is 0.00680. The molecule has 2 aliphatic rings. The first-order chi connectivity index (χ1) is 11.8. The predicted octanol–water partition coefficient (Wildman–Crippen LogP) is 1.78. The fourth-order valence-electron chi connectivity index (χ4n) is 3.19. The quantitative estimate of drug-likeness (QED) is 0.830. The molecule has 4 rings (SSSR count). The third-order valence-electron chi connectivity index (χ3n) is 4.39. The SMILES string of the molecule is O=C1COC2(COCCN(c3ccccn3)C2)CN1c1ccsc1. The number of pyridine rings is 1. The topological polar surface area (TPSA) is 54.9 Å². The highest BCUT2D eigenvalue weighted by Crippen LogP contribution is 2.29. The second-order valence-electron chi connectivity index (χ2n) is 6.10. The van der Waals surface area contributed by atoms with Crippen LogP contribution < -0.4 is 9.80 Å². The molecule has 0 N–H and O–H groups in total. The molecule has 0 aliphatic carbocycles. The summed E-state index contributed by atoms with van der Waals surface area (Å²) in [5, 5.41) is 3.97. The van der Waals surface area contributed by atoms with Crippen LogP contribution in [0.4, 0.5) is 11.5 Å². The fourth-order valence-corrected chi connectivity index (χ4v) is 3.83. The van der Waals surface area contributed by atoms with Crippen molar-refractivity contribution in [1.82, 2.24) is 4.98 Å². The standard InChI is InChI=1S/C17H19N3O3S/c21-16-9-23-17(12-20(16)14-4-8-24-10-14)11-19(6-7-22-13-17)15-3-1-2-5-18-15/h1-5,8,10H,6-7,9,11-13H2. The normalized spacial score (nSPS) is 25.1. The van der Waals surface area contributed by atoms with E-state index in [1.54, 1.807) is 17.5 Å². The zero-order valence-corrected chi connectivity index (χ0v) is 14.1. The first-order valence-electron chi connectivity index (χ1n) is 7.96. The Kier molecular flexibility index (Phi) is 4.22. The Hall–Kier alpha value is -1.96. The first kappa shape index (κ1) is 15.6. The lowest BCUT2D eigenvalue weighted by molar-refractivity contribution is -0.143. The molecule has 1 spiro atoms. The summed E-state index contributed by atoms with van der Waals surface area (Å²) in [6.07, 6.45) is 1.79. The molecular formula is C17H19N3O3S. The van der Waals surface area contributed by atoms with E-state index in [1.807, 2.05) is 39.9 Å². The number of carbonyl (C=O) groups excluding carboxylic acids is 1. The summed E-state index contributed by atoms with van der Waals surface area (Å²) in [6.45, 7) is 3.08. The number of nitrogens with zero attached hydrogens (tertiary/aromatic N) is 3. The highest BCUT2D eigenvalue weighted by Gasteiger charge is 2.43. The van der Waals surface area contributed by atoms with Gasteiger partial charge in [-0.15, -0.1) is 0 Å². The van der Waals surface area contributed by atoms with E-state index in [0.29, 0.717) is 26.3 Å². The van der Waals surface area contributed by atoms with Crippen LogP contribution >= 0.6 is 11.3 Å². The predicted molar refractivity (Wildman–Crippen MR) is 92.6 cm³/mol. The second-order valence-corrected chi connectivity index (χ2v) is 6.88. The monoisotopic (exact) mass is 345 g/mol. The third-order valence-corrected chi connectivity index (χ3v) is 5.06. The number of rotatable bonds is 2. The average Bonchev–Trinajstić information content (AvgIpc) is 3.07. The molecule has 7 heteroatoms. The highest BCUT2D eigenvalue weighted by molar-refractivity contribution is 7.08. The number of aromatic nitrogens is 1. The summed E-state index contributed by atoms with van der Waals surface area (Å²) >= 11 is 1.59. The Labute approximate surface area is 144 Å². The van der Waals surface area contributed by atoms with Crippen molar-refractivity contribution in [2.75, 3.05) is 49.3 Å². The number of morpholine rings is 1. The number of ether oxygens (including phenoxy) is 2. The van der Waals surface area contributed by atoms with Gasteiger partial charge in [-0.1, -0.05) is 6.07 Å². The lowest BCUT2D eigenvalue weighted by atomic mass is 10.0. The van der Waals surface area contributed by atoms with Crippen LogP contribution in [0.15, 0.2) is 41.2 Å². The van der Waals surface area contributed by atoms with Crippen LogP contribution in [0.3, 0.4) is 0 Å². The Balaban J connectivity index is 1.59. The van der Waals surface area contributed by atoms with Gasteiger partial charge in [-0.25, -0.2) is 4.98 Å². The van der Waals surface area contributed by atoms with Crippen LogP contribution in [0.1, 0.15) is 0 Å². The summed E-state index contributed by atoms with van der Waals surface area (Å²) in [4.78, 5) is 20.7. The average molecular weight is 345 g/mol. The second kappa shape index (κ2) is 6.51. The molecule has 0 bridgehead atoms. The molecule has 1 atom stereocenters. The van der Waals surface area contributed by atoms with Crippen LogP contribution in [0.2, 0.25) is 0 Å². The van der Waals surface area contributed by atoms with Crippen molar-refractivity contribution in [3.63, 3.8) is 0 Å². The van der Waals surface area contributed by atoms with Crippen molar-refractivity contribution in [1.29, 1.82) is 0 Å². The maximum atomic E-state index is 12.3. The molecule has 4 heterocycles. The molecular weight excluding hydrogens is 326 g/mol. The van der Waals surface area contributed by atoms with Gasteiger partial charge in [0, 0.05) is 18.1 Å². The number of carbonyl (C=O) groups is 1. The Bertz CT molecular complexity index is 694. The van der Waals surface area contributed by atoms with Gasteiger partial charge < -0.3 is 19.3 Å². The molecule has 0 saturated carbocycles. The minimum atomic E-state index is -0.538. The van der Waals surface area contributed by atoms with E-state index in [1.165, 1.54) is 0 Å². The fraction of sp³-hybridized carbons (Fsp3) is 0.412. The summed E-state index contributed by atoms with van der Waals surface area (Å²) in [7, 11) is 0. The molecule has 2 aromatic heterocycles. The highest BCUT2D eigenvalue weighted by atomic mass is 32.1. The maximum Gasteiger partial charge on any atom is 0.253 e. The lowest BCUT2D eigenvalue weighted by Crippen LogP contribution is -2.61. The number of anilines is 2. The molecule has 0 radical (unpaired) electrons. The van der Waals surface area contributed by atoms with Gasteiger partial charge in [0.25, 0.3) is 5.91 Å². The molecule has 1 unspecified atom stereocenters. The van der Waals surface area contributed by atoms with E-state index in [0.717, 1.165) is 18.1 Å². The molecule has 24 heavy (non-hydrogen) atoms. The van der Waals surface area contributed by atoms with Crippen molar-refractivity contribution in [3.05, 3.63) is 41.2 Å². The van der Waals surface area contributed by atoms with Gasteiger partial charge in [0.05, 0.1) is 32.0 Å². The lowest BCUT2D eigenvalue weighted by Gasteiger charge is -2.42. The molecule has 2 aromatic rings. The van der Waals surface area contributed by atoms with E-state index in [4.69, 9.17) is 9.47 Å². The van der Waals surface area contributed by atoms with Gasteiger partial charge in [-0.05, 0) is 23.6 Å². The van der Waals surface area contributed by atoms with Gasteiger partial charge in [0.1, 0.15) is 18.0 Å². The molecule has 1 amide bonds. The van der Waals surface area contributed by atoms with Gasteiger partial charge in [0.2, 0.25) is 0 Å². The number of thiophene rings is 1. The molecule has 2 saturated heterocycles. The Morgan fingerprint density at radius 2 is 2.21 bits per heavy atom. The van der Waals surface area contributed by atoms with Gasteiger partial charge in [-0.2, -0.15) is 11.3 Å². The van der Waals surface area contributed by atoms with Crippen molar-refractivity contribution in [2.24, 2.45) is 0 Å². The Morgan fingerprint density at radius 3 is 3.00 bits per heavy atom. The largest absolute Gasteiger partial charge is 0.376 e. The zero-order valence-electron chi connectivity index (χ0n) is 13.3. The molecule has 2 aliphatic heterocycles. The van der Waals surface area contributed by atoms with Crippen molar-refractivity contribution < 1.29 is 14.3 Å². The summed E-state index contributed by atoms with van der Waals surface area (Å²) in [6, 6.07) is 7.84. The van der Waals surface area contributed by atoms with Crippen LogP contribution in [0, 0.1) is 0 Å². The van der Waals surface area contributed by atoms with E-state index in [2.05, 4.69) is 9.88 Å². The first-order valence-corrected chi connectivity index (χ1v) is 8.90. The van der Waals surface area contributed by atoms with Crippen LogP contribution in [0.25, 0.3) is 0 Å². The van der Waals surface area contributed by atoms with E-state index in [-0.39, 0.29) is 12.5 Å². The van der Waals surface area contributed by atoms with Crippen LogP contribution in [-0.4, -0.2) is 55.9 Å². The number of amides is 1. The molecule has 126 valence electrons. The minimum Gasteiger partial charge on any atom is -0.376 e. The molecule has 0 aromatic carbocycles. The van der Waals surface area contributed by atoms with Crippen molar-refractivity contribution in [2.45, 2.75) is 5.60 Å². The third kappa shape index (κ3) is 3.02. The van der Waals surface area contributed by atoms with Crippen molar-refractivity contribution >= 4 is 28.7 Å². The molecule has 6 nitrogen and oxygen atoms in total. The summed E-state index contributed by atoms with van der Waals surface area (Å²) < 4.78 is 11.8.